The number of esters is 1. The van der Waals surface area contributed by atoms with Crippen LogP contribution in [0.25, 0.3) is 0 Å². The normalized spacial score (nSPS) is 20.5. The van der Waals surface area contributed by atoms with Crippen LogP contribution in [0.3, 0.4) is 0 Å². The number of nitrogens with zero attached hydrogens (tertiary/aromatic N) is 1. The molecule has 1 saturated heterocycles. The fraction of sp³-hybridized carbons (Fsp3) is 0.579. The largest absolute Gasteiger partial charge is 0.462 e. The summed E-state index contributed by atoms with van der Waals surface area (Å²) in [5.41, 5.74) is 2.51. The second kappa shape index (κ2) is 9.99. The Labute approximate surface area is 166 Å². The molecule has 1 aromatic rings. The molecule has 0 radical (unpaired) electrons. The molecule has 1 heterocycles. The van der Waals surface area contributed by atoms with Gasteiger partial charge in [0.1, 0.15) is 0 Å². The predicted octanol–water partition coefficient (Wildman–Crippen LogP) is 1.83. The van der Waals surface area contributed by atoms with Gasteiger partial charge in [0.05, 0.1) is 17.1 Å². The summed E-state index contributed by atoms with van der Waals surface area (Å²) in [5, 5.41) is 0. The Morgan fingerprint density at radius 3 is 2.32 bits per heavy atom. The first-order valence-corrected chi connectivity index (χ1v) is 11.1. The number of benzene rings is 1. The van der Waals surface area contributed by atoms with Crippen LogP contribution >= 0.6 is 0 Å². The van der Waals surface area contributed by atoms with E-state index in [4.69, 9.17) is 4.74 Å². The maximum absolute atomic E-state index is 12.3. The number of carbonyl (C=O) groups is 2. The Kier molecular flexibility index (Phi) is 7.97. The summed E-state index contributed by atoms with van der Waals surface area (Å²) in [5.74, 6) is -0.912. The predicted molar refractivity (Wildman–Crippen MR) is 105 cm³/mol. The Balaban J connectivity index is 1.86. The lowest BCUT2D eigenvalue weighted by Crippen LogP contribution is -2.47. The van der Waals surface area contributed by atoms with Gasteiger partial charge in [-0.25, -0.2) is 13.2 Å². The Hall–Kier alpha value is -1.97. The molecule has 2 atom stereocenters. The molecular formula is C19H29N3O5S. The number of likely N-dealkylation sites (tertiary alicyclic amines) is 1. The van der Waals surface area contributed by atoms with Gasteiger partial charge in [-0.2, -0.15) is 0 Å². The summed E-state index contributed by atoms with van der Waals surface area (Å²) in [7, 11) is -3.92. The van der Waals surface area contributed by atoms with Gasteiger partial charge in [-0.1, -0.05) is 6.42 Å². The molecule has 2 N–H and O–H groups in total. The number of hydrogen-bond donors (Lipinski definition) is 2. The van der Waals surface area contributed by atoms with E-state index in [1.165, 1.54) is 30.7 Å². The van der Waals surface area contributed by atoms with E-state index < -0.39 is 21.9 Å². The van der Waals surface area contributed by atoms with E-state index >= 15 is 0 Å². The van der Waals surface area contributed by atoms with E-state index in [1.54, 1.807) is 6.92 Å². The lowest BCUT2D eigenvalue weighted by Gasteiger charge is -2.38. The summed E-state index contributed by atoms with van der Waals surface area (Å²) in [6.07, 6.45) is 3.62. The van der Waals surface area contributed by atoms with Crippen molar-refractivity contribution in [2.45, 2.75) is 63.4 Å². The second-order valence-electron chi connectivity index (χ2n) is 7.02. The second-order valence-corrected chi connectivity index (χ2v) is 8.70. The number of rotatable bonds is 8. The average Bonchev–Trinajstić information content (AvgIpc) is 2.66. The molecule has 0 bridgehead atoms. The number of hydrogen-bond acceptors (Lipinski definition) is 6. The fourth-order valence-electron chi connectivity index (χ4n) is 3.38. The van der Waals surface area contributed by atoms with Gasteiger partial charge in [-0.05, 0) is 57.9 Å². The Morgan fingerprint density at radius 1 is 1.14 bits per heavy atom. The van der Waals surface area contributed by atoms with Gasteiger partial charge in [0.15, 0.2) is 0 Å². The van der Waals surface area contributed by atoms with Gasteiger partial charge in [0.25, 0.3) is 10.0 Å². The highest BCUT2D eigenvalue weighted by atomic mass is 32.2. The average molecular weight is 412 g/mol. The maximum Gasteiger partial charge on any atom is 0.338 e. The molecule has 0 unspecified atom stereocenters. The number of carbonyl (C=O) groups excluding carboxylic acids is 2. The van der Waals surface area contributed by atoms with Crippen molar-refractivity contribution in [3.63, 3.8) is 0 Å². The minimum atomic E-state index is -3.92. The van der Waals surface area contributed by atoms with E-state index in [1.807, 2.05) is 0 Å². The first-order valence-electron chi connectivity index (χ1n) is 9.58. The molecule has 1 aliphatic rings. The first-order chi connectivity index (χ1) is 13.2. The van der Waals surface area contributed by atoms with Crippen LogP contribution in [0.15, 0.2) is 29.2 Å². The summed E-state index contributed by atoms with van der Waals surface area (Å²) in [4.78, 5) is 28.0. The van der Waals surface area contributed by atoms with Crippen LogP contribution in [-0.2, 0) is 19.6 Å². The van der Waals surface area contributed by atoms with Crippen molar-refractivity contribution in [2.75, 3.05) is 13.2 Å². The molecule has 2 rings (SSSR count). The first kappa shape index (κ1) is 22.3. The molecule has 0 saturated carbocycles. The van der Waals surface area contributed by atoms with Gasteiger partial charge in [0.2, 0.25) is 5.91 Å². The number of hydrazine groups is 1. The lowest BCUT2D eigenvalue weighted by molar-refractivity contribution is -0.122. The van der Waals surface area contributed by atoms with Crippen LogP contribution in [0.2, 0.25) is 0 Å². The van der Waals surface area contributed by atoms with Gasteiger partial charge in [-0.3, -0.25) is 15.1 Å². The van der Waals surface area contributed by atoms with Crippen LogP contribution in [0.1, 0.15) is 56.8 Å². The molecule has 0 aliphatic carbocycles. The van der Waals surface area contributed by atoms with E-state index in [9.17, 15) is 18.0 Å². The number of nitrogens with one attached hydrogen (secondary N) is 2. The molecule has 1 aromatic carbocycles. The third kappa shape index (κ3) is 6.02. The zero-order chi connectivity index (χ0) is 20.7. The Morgan fingerprint density at radius 2 is 1.75 bits per heavy atom. The minimum Gasteiger partial charge on any atom is -0.462 e. The smallest absolute Gasteiger partial charge is 0.338 e. The van der Waals surface area contributed by atoms with Crippen molar-refractivity contribution in [2.24, 2.45) is 0 Å². The van der Waals surface area contributed by atoms with Crippen molar-refractivity contribution in [1.82, 2.24) is 15.2 Å². The number of ether oxygens (including phenoxy) is 1. The Bertz CT molecular complexity index is 769. The van der Waals surface area contributed by atoms with E-state index in [2.05, 4.69) is 29.0 Å². The summed E-state index contributed by atoms with van der Waals surface area (Å²) >= 11 is 0. The molecule has 1 amide bonds. The van der Waals surface area contributed by atoms with Gasteiger partial charge < -0.3 is 4.74 Å². The fourth-order valence-corrected chi connectivity index (χ4v) is 4.24. The van der Waals surface area contributed by atoms with E-state index in [-0.39, 0.29) is 23.5 Å². The number of amides is 1. The molecule has 156 valence electrons. The maximum atomic E-state index is 12.3. The molecule has 0 spiro atoms. The van der Waals surface area contributed by atoms with Crippen molar-refractivity contribution >= 4 is 21.9 Å². The standard InChI is InChI=1S/C19H29N3O5S/c1-4-27-19(24)16-8-10-17(11-9-16)28(25,26)21-20-18(23)12-13-22-14(2)6-5-7-15(22)3/h8-11,14-15,21H,4-7,12-13H2,1-3H3,(H,20,23)/t14-,15-/m1/s1. The molecule has 8 nitrogen and oxygen atoms in total. The van der Waals surface area contributed by atoms with Crippen molar-refractivity contribution < 1.29 is 22.7 Å². The SMILES string of the molecule is CCOC(=O)c1ccc(S(=O)(=O)NNC(=O)CCN2[C@H](C)CCC[C@H]2C)cc1. The molecule has 1 fully saturated rings. The van der Waals surface area contributed by atoms with Gasteiger partial charge >= 0.3 is 5.97 Å². The third-order valence-corrected chi connectivity index (χ3v) is 6.24. The van der Waals surface area contributed by atoms with E-state index in [0.29, 0.717) is 18.6 Å². The summed E-state index contributed by atoms with van der Waals surface area (Å²) in [6, 6.07) is 6.16. The van der Waals surface area contributed by atoms with E-state index in [0.717, 1.165) is 12.8 Å². The topological polar surface area (TPSA) is 105 Å². The highest BCUT2D eigenvalue weighted by Gasteiger charge is 2.25. The minimum absolute atomic E-state index is 0.0564. The molecule has 9 heteroatoms. The van der Waals surface area contributed by atoms with Gasteiger partial charge in [-0.15, -0.1) is 4.83 Å². The molecular weight excluding hydrogens is 382 g/mol. The van der Waals surface area contributed by atoms with Crippen molar-refractivity contribution in [3.05, 3.63) is 29.8 Å². The summed E-state index contributed by atoms with van der Waals surface area (Å²) in [6.45, 7) is 6.81. The highest BCUT2D eigenvalue weighted by Crippen LogP contribution is 2.22. The molecule has 28 heavy (non-hydrogen) atoms. The van der Waals surface area contributed by atoms with Crippen LogP contribution < -0.4 is 10.3 Å². The summed E-state index contributed by atoms with van der Waals surface area (Å²) < 4.78 is 29.5. The highest BCUT2D eigenvalue weighted by molar-refractivity contribution is 7.89. The zero-order valence-corrected chi connectivity index (χ0v) is 17.4. The third-order valence-electron chi connectivity index (χ3n) is 4.97. The van der Waals surface area contributed by atoms with Crippen LogP contribution in [0.4, 0.5) is 0 Å². The quantitative estimate of drug-likeness (QED) is 0.499. The molecule has 1 aliphatic heterocycles. The van der Waals surface area contributed by atoms with Crippen LogP contribution in [0, 0.1) is 0 Å². The van der Waals surface area contributed by atoms with Crippen LogP contribution in [-0.4, -0.2) is 50.4 Å². The van der Waals surface area contributed by atoms with Crippen molar-refractivity contribution in [3.8, 4) is 0 Å². The van der Waals surface area contributed by atoms with Gasteiger partial charge in [0, 0.05) is 25.0 Å². The van der Waals surface area contributed by atoms with Crippen molar-refractivity contribution in [1.29, 1.82) is 0 Å². The lowest BCUT2D eigenvalue weighted by atomic mass is 9.97. The zero-order valence-electron chi connectivity index (χ0n) is 16.6. The number of sulfonamides is 1. The monoisotopic (exact) mass is 411 g/mol. The number of piperidine rings is 1. The molecule has 0 aromatic heterocycles. The van der Waals surface area contributed by atoms with Crippen LogP contribution in [0.5, 0.6) is 0 Å².